The minimum atomic E-state index is -0.428. The van der Waals surface area contributed by atoms with Gasteiger partial charge in [-0.3, -0.25) is 0 Å². The van der Waals surface area contributed by atoms with Crippen molar-refractivity contribution in [3.63, 3.8) is 0 Å². The average Bonchev–Trinajstić information content (AvgIpc) is 3.05. The zero-order chi connectivity index (χ0) is 13.1. The maximum absolute atomic E-state index is 6.01. The van der Waals surface area contributed by atoms with Crippen LogP contribution in [0.15, 0.2) is 0 Å². The fourth-order valence-corrected chi connectivity index (χ4v) is 6.43. The molecule has 0 N–H and O–H groups in total. The molecule has 4 rings (SSSR count). The number of halogens is 2. The van der Waals surface area contributed by atoms with E-state index in [1.807, 2.05) is 0 Å². The molecule has 0 radical (unpaired) electrons. The van der Waals surface area contributed by atoms with Crippen molar-refractivity contribution in [1.82, 2.24) is 0 Å². The van der Waals surface area contributed by atoms with E-state index in [1.54, 1.807) is 0 Å². The first kappa shape index (κ1) is 13.5. The van der Waals surface area contributed by atoms with Crippen molar-refractivity contribution in [2.45, 2.75) is 40.5 Å². The van der Waals surface area contributed by atoms with Gasteiger partial charge in [0, 0.05) is 11.8 Å². The van der Waals surface area contributed by atoms with E-state index in [9.17, 15) is 0 Å². The highest BCUT2D eigenvalue weighted by Gasteiger charge is 2.64. The molecule has 6 heteroatoms. The van der Waals surface area contributed by atoms with Crippen LogP contribution >= 0.6 is 31.9 Å². The fourth-order valence-electron chi connectivity index (χ4n) is 4.25. The monoisotopic (exact) mass is 396 g/mol. The zero-order valence-electron chi connectivity index (χ0n) is 10.6. The average molecular weight is 398 g/mol. The summed E-state index contributed by atoms with van der Waals surface area (Å²) in [6, 6.07) is 0. The molecular weight excluding hydrogens is 380 g/mol. The Bertz CT molecular complexity index is 328. The minimum absolute atomic E-state index is 0.218. The highest BCUT2D eigenvalue weighted by Crippen LogP contribution is 2.58. The highest BCUT2D eigenvalue weighted by atomic mass is 79.9. The van der Waals surface area contributed by atoms with Crippen LogP contribution in [0, 0.1) is 11.8 Å². The van der Waals surface area contributed by atoms with Crippen molar-refractivity contribution in [1.29, 1.82) is 0 Å². The lowest BCUT2D eigenvalue weighted by atomic mass is 9.66. The predicted octanol–water partition coefficient (Wildman–Crippen LogP) is 2.43. The smallest absolute Gasteiger partial charge is 0.183 e. The molecule has 0 aromatic heterocycles. The first-order chi connectivity index (χ1) is 9.17. The zero-order valence-corrected chi connectivity index (χ0v) is 13.8. The number of hydrogen-bond donors (Lipinski definition) is 0. The summed E-state index contributed by atoms with van der Waals surface area (Å²) < 4.78 is 24.0. The van der Waals surface area contributed by atoms with Gasteiger partial charge < -0.3 is 18.9 Å². The van der Waals surface area contributed by atoms with Crippen LogP contribution in [0.4, 0.5) is 0 Å². The molecule has 108 valence electrons. The summed E-state index contributed by atoms with van der Waals surface area (Å²) >= 11 is 7.60. The maximum atomic E-state index is 6.01. The van der Waals surface area contributed by atoms with Crippen LogP contribution in [0.2, 0.25) is 0 Å². The Hall–Kier alpha value is 0.800. The molecular formula is C13H18Br2O4. The number of ether oxygens (including phenoxy) is 4. The molecule has 0 aromatic carbocycles. The minimum Gasteiger partial charge on any atom is -0.346 e. The summed E-state index contributed by atoms with van der Waals surface area (Å²) in [5.41, 5.74) is 0. The van der Waals surface area contributed by atoms with Gasteiger partial charge in [-0.15, -0.1) is 0 Å². The van der Waals surface area contributed by atoms with Crippen molar-refractivity contribution < 1.29 is 18.9 Å². The van der Waals surface area contributed by atoms with E-state index in [1.165, 1.54) is 0 Å². The third kappa shape index (κ3) is 1.77. The highest BCUT2D eigenvalue weighted by molar-refractivity contribution is 9.09. The van der Waals surface area contributed by atoms with Crippen LogP contribution in [0.5, 0.6) is 0 Å². The van der Waals surface area contributed by atoms with Crippen LogP contribution in [-0.4, -0.2) is 47.7 Å². The van der Waals surface area contributed by atoms with E-state index in [-0.39, 0.29) is 9.65 Å². The molecule has 0 amide bonds. The van der Waals surface area contributed by atoms with Gasteiger partial charge in [0.15, 0.2) is 11.6 Å². The van der Waals surface area contributed by atoms with Crippen LogP contribution in [0.1, 0.15) is 19.3 Å². The predicted molar refractivity (Wildman–Crippen MR) is 75.5 cm³/mol. The number of hydrogen-bond acceptors (Lipinski definition) is 4. The lowest BCUT2D eigenvalue weighted by Gasteiger charge is -2.55. The molecule has 2 spiro atoms. The van der Waals surface area contributed by atoms with E-state index in [2.05, 4.69) is 31.9 Å². The van der Waals surface area contributed by atoms with E-state index in [4.69, 9.17) is 18.9 Å². The largest absolute Gasteiger partial charge is 0.346 e. The topological polar surface area (TPSA) is 36.9 Å². The Balaban J connectivity index is 1.66. The molecule has 2 bridgehead atoms. The van der Waals surface area contributed by atoms with Gasteiger partial charge in [-0.05, 0) is 19.3 Å². The lowest BCUT2D eigenvalue weighted by molar-refractivity contribution is -0.277. The van der Waals surface area contributed by atoms with E-state index < -0.39 is 11.6 Å². The Morgan fingerprint density at radius 1 is 0.632 bits per heavy atom. The van der Waals surface area contributed by atoms with Crippen LogP contribution in [0.25, 0.3) is 0 Å². The quantitative estimate of drug-likeness (QED) is 0.588. The SMILES string of the molecule is Br[C@@H]1C[C@@H]2C[C@@H](C[C@H](Br)C23OCCO3)C12OCCO2. The third-order valence-corrected chi connectivity index (χ3v) is 7.06. The first-order valence-electron chi connectivity index (χ1n) is 7.01. The molecule has 4 fully saturated rings. The Morgan fingerprint density at radius 3 is 1.37 bits per heavy atom. The van der Waals surface area contributed by atoms with Gasteiger partial charge in [-0.1, -0.05) is 31.9 Å². The van der Waals surface area contributed by atoms with Gasteiger partial charge in [-0.25, -0.2) is 0 Å². The summed E-state index contributed by atoms with van der Waals surface area (Å²) in [7, 11) is 0. The van der Waals surface area contributed by atoms with Crippen molar-refractivity contribution in [3.8, 4) is 0 Å². The van der Waals surface area contributed by atoms with Gasteiger partial charge in [0.05, 0.1) is 36.1 Å². The Kier molecular flexibility index (Phi) is 3.29. The fraction of sp³-hybridized carbons (Fsp3) is 1.00. The molecule has 0 unspecified atom stereocenters. The van der Waals surface area contributed by atoms with Crippen molar-refractivity contribution >= 4 is 31.9 Å². The summed E-state index contributed by atoms with van der Waals surface area (Å²) in [6.07, 6.45) is 3.00. The second kappa shape index (κ2) is 4.65. The van der Waals surface area contributed by atoms with Crippen molar-refractivity contribution in [2.24, 2.45) is 11.8 Å². The summed E-state index contributed by atoms with van der Waals surface area (Å²) in [5.74, 6) is -0.0484. The van der Waals surface area contributed by atoms with E-state index >= 15 is 0 Å². The number of rotatable bonds is 0. The Morgan fingerprint density at radius 2 is 1.00 bits per heavy atom. The number of fused-ring (bicyclic) bond motifs is 4. The molecule has 2 saturated carbocycles. The van der Waals surface area contributed by atoms with Gasteiger partial charge in [0.1, 0.15) is 0 Å². The third-order valence-electron chi connectivity index (χ3n) is 5.04. The molecule has 0 aromatic rings. The van der Waals surface area contributed by atoms with Crippen molar-refractivity contribution in [2.75, 3.05) is 26.4 Å². The second-order valence-electron chi connectivity index (χ2n) is 5.87. The van der Waals surface area contributed by atoms with Gasteiger partial charge >= 0.3 is 0 Å². The molecule has 4 aliphatic rings. The van der Waals surface area contributed by atoms with Crippen molar-refractivity contribution in [3.05, 3.63) is 0 Å². The van der Waals surface area contributed by atoms with Gasteiger partial charge in [0.25, 0.3) is 0 Å². The molecule has 2 heterocycles. The molecule has 19 heavy (non-hydrogen) atoms. The van der Waals surface area contributed by atoms with Gasteiger partial charge in [-0.2, -0.15) is 0 Å². The lowest BCUT2D eigenvalue weighted by Crippen LogP contribution is -2.63. The summed E-state index contributed by atoms with van der Waals surface area (Å²) in [6.45, 7) is 2.81. The van der Waals surface area contributed by atoms with Gasteiger partial charge in [0.2, 0.25) is 0 Å². The van der Waals surface area contributed by atoms with Crippen LogP contribution in [-0.2, 0) is 18.9 Å². The standard InChI is InChI=1S/C13H18Br2O4/c14-10-7-9-5-8(12(10)16-1-2-17-12)6-11(15)13(9)18-3-4-19-13/h8-11H,1-7H2/t8-,9-,10-,11+/m0/s1. The summed E-state index contributed by atoms with van der Waals surface area (Å²) in [4.78, 5) is 0.437. The molecule has 2 aliphatic carbocycles. The first-order valence-corrected chi connectivity index (χ1v) is 8.84. The molecule has 2 aliphatic heterocycles. The molecule has 4 atom stereocenters. The number of alkyl halides is 2. The molecule has 4 nitrogen and oxygen atoms in total. The van der Waals surface area contributed by atoms with E-state index in [0.29, 0.717) is 38.3 Å². The van der Waals surface area contributed by atoms with Crippen LogP contribution in [0.3, 0.4) is 0 Å². The molecule has 2 saturated heterocycles. The van der Waals surface area contributed by atoms with E-state index in [0.717, 1.165) is 19.3 Å². The summed E-state index contributed by atoms with van der Waals surface area (Å²) in [5, 5.41) is 0. The maximum Gasteiger partial charge on any atom is 0.183 e. The normalized spacial score (nSPS) is 47.1. The Labute approximate surface area is 129 Å². The second-order valence-corrected chi connectivity index (χ2v) is 8.08. The van der Waals surface area contributed by atoms with Crippen LogP contribution < -0.4 is 0 Å².